The molecule has 142 valence electrons. The van der Waals surface area contributed by atoms with E-state index in [4.69, 9.17) is 4.74 Å². The van der Waals surface area contributed by atoms with Crippen LogP contribution in [-0.4, -0.2) is 27.7 Å². The Hall–Kier alpha value is -0.910. The van der Waals surface area contributed by atoms with Crippen molar-refractivity contribution in [1.82, 2.24) is 4.72 Å². The SMILES string of the molecule is CC(C)c1cc(C(C)C)c(S(=O)(=O)NC[C@H]2CCCO2)c(C(C)C)c1. The smallest absolute Gasteiger partial charge is 0.241 e. The number of rotatable bonds is 7. The van der Waals surface area contributed by atoms with Crippen LogP contribution in [0.15, 0.2) is 17.0 Å². The second kappa shape index (κ2) is 8.19. The highest BCUT2D eigenvalue weighted by Crippen LogP contribution is 2.35. The second-order valence-corrected chi connectivity index (χ2v) is 9.68. The average molecular weight is 368 g/mol. The van der Waals surface area contributed by atoms with Gasteiger partial charge in [0.15, 0.2) is 0 Å². The maximum Gasteiger partial charge on any atom is 0.241 e. The lowest BCUT2D eigenvalue weighted by Gasteiger charge is -2.23. The molecule has 25 heavy (non-hydrogen) atoms. The molecule has 0 aromatic heterocycles. The molecule has 1 aromatic rings. The number of hydrogen-bond acceptors (Lipinski definition) is 3. The first-order chi connectivity index (χ1) is 11.6. The van der Waals surface area contributed by atoms with Gasteiger partial charge >= 0.3 is 0 Å². The molecule has 1 N–H and O–H groups in total. The van der Waals surface area contributed by atoms with Crippen LogP contribution in [0.5, 0.6) is 0 Å². The molecule has 1 aliphatic rings. The highest BCUT2D eigenvalue weighted by Gasteiger charge is 2.28. The first kappa shape index (κ1) is 20.4. The fraction of sp³-hybridized carbons (Fsp3) is 0.700. The molecule has 1 aliphatic heterocycles. The van der Waals surface area contributed by atoms with Gasteiger partial charge < -0.3 is 4.74 Å². The Morgan fingerprint density at radius 1 is 1.04 bits per heavy atom. The fourth-order valence-corrected chi connectivity index (χ4v) is 5.04. The van der Waals surface area contributed by atoms with Crippen molar-refractivity contribution in [3.05, 3.63) is 28.8 Å². The van der Waals surface area contributed by atoms with E-state index in [-0.39, 0.29) is 17.9 Å². The minimum Gasteiger partial charge on any atom is -0.377 e. The zero-order valence-electron chi connectivity index (χ0n) is 16.4. The van der Waals surface area contributed by atoms with Crippen molar-refractivity contribution in [2.45, 2.75) is 83.1 Å². The van der Waals surface area contributed by atoms with Crippen LogP contribution in [0.3, 0.4) is 0 Å². The van der Waals surface area contributed by atoms with E-state index >= 15 is 0 Å². The molecule has 4 nitrogen and oxygen atoms in total. The first-order valence-electron chi connectivity index (χ1n) is 9.42. The van der Waals surface area contributed by atoms with Crippen LogP contribution < -0.4 is 4.72 Å². The molecule has 0 bridgehead atoms. The summed E-state index contributed by atoms with van der Waals surface area (Å²) in [6, 6.07) is 4.14. The van der Waals surface area contributed by atoms with E-state index in [1.54, 1.807) is 0 Å². The minimum absolute atomic E-state index is 0.00490. The van der Waals surface area contributed by atoms with E-state index in [2.05, 4.69) is 58.4 Å². The van der Waals surface area contributed by atoms with Gasteiger partial charge in [0.1, 0.15) is 0 Å². The maximum atomic E-state index is 13.2. The highest BCUT2D eigenvalue weighted by molar-refractivity contribution is 7.89. The Labute approximate surface area is 153 Å². The zero-order chi connectivity index (χ0) is 18.8. The molecule has 1 aromatic carbocycles. The summed E-state index contributed by atoms with van der Waals surface area (Å²) in [6.45, 7) is 13.6. The van der Waals surface area contributed by atoms with E-state index in [0.29, 0.717) is 17.4 Å². The van der Waals surface area contributed by atoms with Crippen LogP contribution in [0, 0.1) is 0 Å². The van der Waals surface area contributed by atoms with Crippen LogP contribution >= 0.6 is 0 Å². The molecule has 0 radical (unpaired) electrons. The lowest BCUT2D eigenvalue weighted by Crippen LogP contribution is -2.33. The summed E-state index contributed by atoms with van der Waals surface area (Å²) in [4.78, 5) is 0.472. The highest BCUT2D eigenvalue weighted by atomic mass is 32.2. The molecule has 0 unspecified atom stereocenters. The first-order valence-corrected chi connectivity index (χ1v) is 10.9. The monoisotopic (exact) mass is 367 g/mol. The van der Waals surface area contributed by atoms with Gasteiger partial charge in [0.05, 0.1) is 11.0 Å². The molecule has 0 spiro atoms. The summed E-state index contributed by atoms with van der Waals surface area (Å²) >= 11 is 0. The summed E-state index contributed by atoms with van der Waals surface area (Å²) in [6.07, 6.45) is 1.92. The maximum absolute atomic E-state index is 13.2. The Kier molecular flexibility index (Phi) is 6.68. The lowest BCUT2D eigenvalue weighted by molar-refractivity contribution is 0.114. The van der Waals surface area contributed by atoms with Crippen molar-refractivity contribution in [2.24, 2.45) is 0 Å². The van der Waals surface area contributed by atoms with Gasteiger partial charge in [-0.2, -0.15) is 0 Å². The largest absolute Gasteiger partial charge is 0.377 e. The molecular weight excluding hydrogens is 334 g/mol. The van der Waals surface area contributed by atoms with Crippen molar-refractivity contribution in [3.8, 4) is 0 Å². The summed E-state index contributed by atoms with van der Waals surface area (Å²) < 4.78 is 34.7. The molecule has 0 amide bonds. The number of ether oxygens (including phenoxy) is 1. The van der Waals surface area contributed by atoms with Gasteiger partial charge in [0, 0.05) is 13.2 Å². The fourth-order valence-electron chi connectivity index (χ4n) is 3.28. The Bertz CT molecular complexity index is 658. The van der Waals surface area contributed by atoms with Crippen molar-refractivity contribution in [2.75, 3.05) is 13.2 Å². The molecular formula is C20H33NO3S. The van der Waals surface area contributed by atoms with Gasteiger partial charge in [-0.3, -0.25) is 0 Å². The molecule has 5 heteroatoms. The Morgan fingerprint density at radius 2 is 1.60 bits per heavy atom. The molecule has 1 fully saturated rings. The summed E-state index contributed by atoms with van der Waals surface area (Å²) in [5.41, 5.74) is 3.02. The molecule has 0 saturated carbocycles. The van der Waals surface area contributed by atoms with Crippen LogP contribution in [0.4, 0.5) is 0 Å². The van der Waals surface area contributed by atoms with E-state index in [1.165, 1.54) is 5.56 Å². The second-order valence-electron chi connectivity index (χ2n) is 7.98. The third-order valence-electron chi connectivity index (χ3n) is 4.87. The standard InChI is InChI=1S/C20H33NO3S/c1-13(2)16-10-18(14(3)4)20(19(11-16)15(5)6)25(22,23)21-12-17-8-7-9-24-17/h10-11,13-15,17,21H,7-9,12H2,1-6H3/t17-/m1/s1. The van der Waals surface area contributed by atoms with Gasteiger partial charge in [0.25, 0.3) is 0 Å². The van der Waals surface area contributed by atoms with Gasteiger partial charge in [-0.15, -0.1) is 0 Å². The third-order valence-corrected chi connectivity index (χ3v) is 6.43. The summed E-state index contributed by atoms with van der Waals surface area (Å²) in [5.74, 6) is 0.655. The summed E-state index contributed by atoms with van der Waals surface area (Å²) in [7, 11) is -3.57. The third kappa shape index (κ3) is 4.83. The molecule has 1 saturated heterocycles. The average Bonchev–Trinajstić information content (AvgIpc) is 3.05. The van der Waals surface area contributed by atoms with E-state index < -0.39 is 10.0 Å². The van der Waals surface area contributed by atoms with Gasteiger partial charge in [0.2, 0.25) is 10.0 Å². The van der Waals surface area contributed by atoms with E-state index in [9.17, 15) is 8.42 Å². The zero-order valence-corrected chi connectivity index (χ0v) is 17.2. The number of hydrogen-bond donors (Lipinski definition) is 1. The van der Waals surface area contributed by atoms with Gasteiger partial charge in [-0.05, 0) is 47.3 Å². The van der Waals surface area contributed by atoms with Crippen molar-refractivity contribution in [1.29, 1.82) is 0 Å². The lowest BCUT2D eigenvalue weighted by atomic mass is 9.89. The molecule has 0 aliphatic carbocycles. The van der Waals surface area contributed by atoms with Crippen molar-refractivity contribution in [3.63, 3.8) is 0 Å². The quantitative estimate of drug-likeness (QED) is 0.771. The van der Waals surface area contributed by atoms with Gasteiger partial charge in [-0.25, -0.2) is 13.1 Å². The Balaban J connectivity index is 2.48. The normalized spacial score (nSPS) is 18.7. The van der Waals surface area contributed by atoms with E-state index in [1.807, 2.05) is 0 Å². The van der Waals surface area contributed by atoms with Crippen LogP contribution in [0.1, 0.15) is 88.8 Å². The van der Waals surface area contributed by atoms with Crippen LogP contribution in [0.2, 0.25) is 0 Å². The predicted molar refractivity (Wildman–Crippen MR) is 103 cm³/mol. The number of nitrogens with one attached hydrogen (secondary N) is 1. The number of benzene rings is 1. The van der Waals surface area contributed by atoms with Crippen molar-refractivity contribution >= 4 is 10.0 Å². The van der Waals surface area contributed by atoms with Crippen molar-refractivity contribution < 1.29 is 13.2 Å². The topological polar surface area (TPSA) is 55.4 Å². The minimum atomic E-state index is -3.57. The predicted octanol–water partition coefficient (Wildman–Crippen LogP) is 4.51. The summed E-state index contributed by atoms with van der Waals surface area (Å²) in [5, 5.41) is 0. The molecule has 1 atom stereocenters. The Morgan fingerprint density at radius 3 is 2.00 bits per heavy atom. The van der Waals surface area contributed by atoms with Crippen LogP contribution in [-0.2, 0) is 14.8 Å². The van der Waals surface area contributed by atoms with E-state index in [0.717, 1.165) is 30.6 Å². The molecule has 1 heterocycles. The van der Waals surface area contributed by atoms with Crippen LogP contribution in [0.25, 0.3) is 0 Å². The molecule has 2 rings (SSSR count). The van der Waals surface area contributed by atoms with Gasteiger partial charge in [-0.1, -0.05) is 53.7 Å². The number of sulfonamides is 1.